The third kappa shape index (κ3) is 2.41. The number of H-pyrrole nitrogens is 1. The highest BCUT2D eigenvalue weighted by Gasteiger charge is 2.37. The summed E-state index contributed by atoms with van der Waals surface area (Å²) < 4.78 is 0. The van der Waals surface area contributed by atoms with Gasteiger partial charge in [-0.05, 0) is 37.0 Å². The Kier molecular flexibility index (Phi) is 3.22. The number of rotatable bonds is 2. The minimum atomic E-state index is -0.733. The quantitative estimate of drug-likeness (QED) is 0.785. The minimum absolute atomic E-state index is 0.0769. The first-order valence-electron chi connectivity index (χ1n) is 7.10. The van der Waals surface area contributed by atoms with Gasteiger partial charge in [-0.3, -0.25) is 9.89 Å². The summed E-state index contributed by atoms with van der Waals surface area (Å²) in [6.45, 7) is 2.16. The summed E-state index contributed by atoms with van der Waals surface area (Å²) in [4.78, 5) is 12.4. The fourth-order valence-electron chi connectivity index (χ4n) is 3.07. The van der Waals surface area contributed by atoms with Gasteiger partial charge in [0.05, 0.1) is 17.3 Å². The normalized spacial score (nSPS) is 26.6. The van der Waals surface area contributed by atoms with Crippen LogP contribution in [0.2, 0.25) is 0 Å². The van der Waals surface area contributed by atoms with Crippen LogP contribution in [0.4, 0.5) is 5.69 Å². The van der Waals surface area contributed by atoms with Crippen molar-refractivity contribution >= 4 is 22.5 Å². The van der Waals surface area contributed by atoms with Gasteiger partial charge in [0.2, 0.25) is 5.91 Å². The topological polar surface area (TPSA) is 83.8 Å². The third-order valence-electron chi connectivity index (χ3n) is 4.18. The molecule has 1 aromatic carbocycles. The number of carbonyl (C=O) groups is 1. The van der Waals surface area contributed by atoms with Gasteiger partial charge in [0.15, 0.2) is 0 Å². The van der Waals surface area contributed by atoms with Crippen LogP contribution in [0, 0.1) is 5.92 Å². The number of aromatic nitrogens is 2. The molecule has 0 aliphatic heterocycles. The van der Waals surface area contributed by atoms with Crippen LogP contribution < -0.4 is 11.1 Å². The Morgan fingerprint density at radius 2 is 2.40 bits per heavy atom. The molecule has 0 saturated heterocycles. The van der Waals surface area contributed by atoms with Crippen LogP contribution in [-0.4, -0.2) is 21.6 Å². The lowest BCUT2D eigenvalue weighted by Crippen LogP contribution is -2.53. The largest absolute Gasteiger partial charge is 0.324 e. The molecular formula is C15H20N4O. The van der Waals surface area contributed by atoms with Crippen LogP contribution in [0.25, 0.3) is 10.9 Å². The molecule has 1 amide bonds. The molecule has 106 valence electrons. The molecular weight excluding hydrogens is 252 g/mol. The molecule has 0 bridgehead atoms. The van der Waals surface area contributed by atoms with Crippen LogP contribution in [0.15, 0.2) is 24.4 Å². The Labute approximate surface area is 117 Å². The molecule has 2 unspecified atom stereocenters. The number of hydrogen-bond donors (Lipinski definition) is 3. The molecule has 0 spiro atoms. The summed E-state index contributed by atoms with van der Waals surface area (Å²) in [5, 5.41) is 10.8. The molecule has 1 fully saturated rings. The Morgan fingerprint density at radius 3 is 3.20 bits per heavy atom. The van der Waals surface area contributed by atoms with Gasteiger partial charge in [0.25, 0.3) is 0 Å². The lowest BCUT2D eigenvalue weighted by atomic mass is 9.76. The average molecular weight is 272 g/mol. The van der Waals surface area contributed by atoms with Gasteiger partial charge >= 0.3 is 0 Å². The van der Waals surface area contributed by atoms with E-state index in [0.29, 0.717) is 5.92 Å². The van der Waals surface area contributed by atoms with Crippen LogP contribution >= 0.6 is 0 Å². The fourth-order valence-corrected chi connectivity index (χ4v) is 3.07. The second kappa shape index (κ2) is 4.90. The lowest BCUT2D eigenvalue weighted by molar-refractivity contribution is -0.122. The van der Waals surface area contributed by atoms with Crippen molar-refractivity contribution in [1.29, 1.82) is 0 Å². The zero-order valence-electron chi connectivity index (χ0n) is 11.6. The maximum atomic E-state index is 12.4. The van der Waals surface area contributed by atoms with Crippen molar-refractivity contribution < 1.29 is 4.79 Å². The first-order chi connectivity index (χ1) is 9.57. The molecule has 5 heteroatoms. The van der Waals surface area contributed by atoms with E-state index in [9.17, 15) is 4.79 Å². The van der Waals surface area contributed by atoms with Crippen LogP contribution in [-0.2, 0) is 4.79 Å². The van der Waals surface area contributed by atoms with E-state index in [-0.39, 0.29) is 5.91 Å². The number of nitrogens with one attached hydrogen (secondary N) is 2. The van der Waals surface area contributed by atoms with Crippen LogP contribution in [0.5, 0.6) is 0 Å². The van der Waals surface area contributed by atoms with Crippen molar-refractivity contribution in [1.82, 2.24) is 10.2 Å². The summed E-state index contributed by atoms with van der Waals surface area (Å²) in [5.74, 6) is 0.433. The van der Waals surface area contributed by atoms with Crippen molar-refractivity contribution in [2.24, 2.45) is 11.7 Å². The maximum Gasteiger partial charge on any atom is 0.244 e. The van der Waals surface area contributed by atoms with Crippen molar-refractivity contribution in [2.45, 2.75) is 38.1 Å². The van der Waals surface area contributed by atoms with Crippen LogP contribution in [0.3, 0.4) is 0 Å². The SMILES string of the molecule is CC1CCCC(N)(C(=O)Nc2ccc3[nH]ncc3c2)C1. The van der Waals surface area contributed by atoms with Crippen molar-refractivity contribution in [2.75, 3.05) is 5.32 Å². The van der Waals surface area contributed by atoms with Gasteiger partial charge in [0.1, 0.15) is 0 Å². The Balaban J connectivity index is 1.77. The molecule has 4 N–H and O–H groups in total. The minimum Gasteiger partial charge on any atom is -0.324 e. The van der Waals surface area contributed by atoms with E-state index in [0.717, 1.165) is 42.3 Å². The van der Waals surface area contributed by atoms with Gasteiger partial charge < -0.3 is 11.1 Å². The highest BCUT2D eigenvalue weighted by Crippen LogP contribution is 2.31. The van der Waals surface area contributed by atoms with Gasteiger partial charge in [-0.25, -0.2) is 0 Å². The van der Waals surface area contributed by atoms with Crippen LogP contribution in [0.1, 0.15) is 32.6 Å². The average Bonchev–Trinajstić information content (AvgIpc) is 2.85. The Bertz CT molecular complexity index is 636. The smallest absolute Gasteiger partial charge is 0.244 e. The van der Waals surface area contributed by atoms with E-state index in [2.05, 4.69) is 22.4 Å². The number of nitrogens with two attached hydrogens (primary N) is 1. The van der Waals surface area contributed by atoms with E-state index in [4.69, 9.17) is 5.73 Å². The molecule has 1 heterocycles. The Hall–Kier alpha value is -1.88. The fraction of sp³-hybridized carbons (Fsp3) is 0.467. The summed E-state index contributed by atoms with van der Waals surface area (Å²) in [6, 6.07) is 5.69. The number of anilines is 1. The molecule has 3 rings (SSSR count). The number of hydrogen-bond acceptors (Lipinski definition) is 3. The molecule has 1 saturated carbocycles. The second-order valence-corrected chi connectivity index (χ2v) is 5.98. The van der Waals surface area contributed by atoms with Gasteiger partial charge in [0, 0.05) is 11.1 Å². The van der Waals surface area contributed by atoms with E-state index in [1.54, 1.807) is 6.20 Å². The molecule has 20 heavy (non-hydrogen) atoms. The molecule has 1 aliphatic carbocycles. The van der Waals surface area contributed by atoms with Gasteiger partial charge in [-0.1, -0.05) is 19.8 Å². The zero-order chi connectivity index (χ0) is 14.2. The van der Waals surface area contributed by atoms with Gasteiger partial charge in [-0.2, -0.15) is 5.10 Å². The molecule has 1 aliphatic rings. The van der Waals surface area contributed by atoms with Crippen molar-refractivity contribution in [3.05, 3.63) is 24.4 Å². The highest BCUT2D eigenvalue weighted by molar-refractivity contribution is 5.99. The molecule has 1 aromatic heterocycles. The number of amides is 1. The van der Waals surface area contributed by atoms with E-state index in [1.807, 2.05) is 18.2 Å². The molecule has 2 atom stereocenters. The van der Waals surface area contributed by atoms with E-state index < -0.39 is 5.54 Å². The lowest BCUT2D eigenvalue weighted by Gasteiger charge is -2.35. The van der Waals surface area contributed by atoms with Gasteiger partial charge in [-0.15, -0.1) is 0 Å². The van der Waals surface area contributed by atoms with Crippen molar-refractivity contribution in [3.8, 4) is 0 Å². The summed E-state index contributed by atoms with van der Waals surface area (Å²) >= 11 is 0. The van der Waals surface area contributed by atoms with Crippen molar-refractivity contribution in [3.63, 3.8) is 0 Å². The standard InChI is InChI=1S/C15H20N4O/c1-10-3-2-6-15(16,8-10)14(20)18-12-4-5-13-11(7-12)9-17-19-13/h4-5,7,9-10H,2-3,6,8,16H2,1H3,(H,17,19)(H,18,20). The highest BCUT2D eigenvalue weighted by atomic mass is 16.2. The first-order valence-corrected chi connectivity index (χ1v) is 7.10. The predicted molar refractivity (Wildman–Crippen MR) is 79.3 cm³/mol. The number of benzene rings is 1. The zero-order valence-corrected chi connectivity index (χ0v) is 11.6. The monoisotopic (exact) mass is 272 g/mol. The number of fused-ring (bicyclic) bond motifs is 1. The van der Waals surface area contributed by atoms with E-state index >= 15 is 0 Å². The number of aromatic amines is 1. The number of carbonyl (C=O) groups excluding carboxylic acids is 1. The molecule has 0 radical (unpaired) electrons. The van der Waals surface area contributed by atoms with E-state index in [1.165, 1.54) is 0 Å². The first kappa shape index (κ1) is 13.1. The third-order valence-corrected chi connectivity index (χ3v) is 4.18. The predicted octanol–water partition coefficient (Wildman–Crippen LogP) is 2.41. The summed E-state index contributed by atoms with van der Waals surface area (Å²) in [6.07, 6.45) is 5.44. The number of nitrogens with zero attached hydrogens (tertiary/aromatic N) is 1. The summed E-state index contributed by atoms with van der Waals surface area (Å²) in [7, 11) is 0. The molecule has 5 nitrogen and oxygen atoms in total. The molecule has 2 aromatic rings. The second-order valence-electron chi connectivity index (χ2n) is 5.98. The Morgan fingerprint density at radius 1 is 1.55 bits per heavy atom. The maximum absolute atomic E-state index is 12.4. The summed E-state index contributed by atoms with van der Waals surface area (Å²) in [5.41, 5.74) is 7.30.